The van der Waals surface area contributed by atoms with Gasteiger partial charge < -0.3 is 5.32 Å². The van der Waals surface area contributed by atoms with Crippen LogP contribution in [0.5, 0.6) is 0 Å². The van der Waals surface area contributed by atoms with Gasteiger partial charge in [-0.15, -0.1) is 0 Å². The van der Waals surface area contributed by atoms with Crippen LogP contribution in [0.4, 0.5) is 5.82 Å². The molecule has 6 heteroatoms. The van der Waals surface area contributed by atoms with Crippen molar-refractivity contribution in [1.29, 1.82) is 5.26 Å². The molecule has 6 nitrogen and oxygen atoms in total. The summed E-state index contributed by atoms with van der Waals surface area (Å²) in [5.41, 5.74) is 1.87. The lowest BCUT2D eigenvalue weighted by atomic mass is 10.0. The highest BCUT2D eigenvalue weighted by atomic mass is 16.2. The second kappa shape index (κ2) is 5.10. The summed E-state index contributed by atoms with van der Waals surface area (Å²) in [6.45, 7) is 0.665. The van der Waals surface area contributed by atoms with Crippen molar-refractivity contribution in [3.63, 3.8) is 0 Å². The molecule has 0 spiro atoms. The third-order valence-corrected chi connectivity index (χ3v) is 5.48. The van der Waals surface area contributed by atoms with Gasteiger partial charge in [-0.25, -0.2) is 4.79 Å². The predicted molar refractivity (Wildman–Crippen MR) is 90.0 cm³/mol. The second-order valence-corrected chi connectivity index (χ2v) is 6.68. The van der Waals surface area contributed by atoms with Crippen LogP contribution in [0, 0.1) is 23.2 Å². The summed E-state index contributed by atoms with van der Waals surface area (Å²) < 4.78 is 2.30. The van der Waals surface area contributed by atoms with Gasteiger partial charge in [0.05, 0.1) is 0 Å². The Morgan fingerprint density at radius 3 is 2.75 bits per heavy atom. The van der Waals surface area contributed by atoms with E-state index in [1.165, 1.54) is 22.7 Å². The van der Waals surface area contributed by atoms with E-state index in [0.29, 0.717) is 30.1 Å². The highest BCUT2D eigenvalue weighted by Crippen LogP contribution is 2.61. The molecule has 3 unspecified atom stereocenters. The van der Waals surface area contributed by atoms with E-state index in [1.54, 1.807) is 7.05 Å². The molecule has 0 aliphatic heterocycles. The van der Waals surface area contributed by atoms with Crippen LogP contribution in [0.3, 0.4) is 0 Å². The molecule has 1 aromatic carbocycles. The highest BCUT2D eigenvalue weighted by molar-refractivity contribution is 5.52. The molecular weight excluding hydrogens is 304 g/mol. The van der Waals surface area contributed by atoms with E-state index in [0.717, 1.165) is 11.0 Å². The van der Waals surface area contributed by atoms with Gasteiger partial charge in [0, 0.05) is 20.6 Å². The lowest BCUT2D eigenvalue weighted by molar-refractivity contribution is 0.672. The van der Waals surface area contributed by atoms with Crippen molar-refractivity contribution in [3.05, 3.63) is 61.8 Å². The molecule has 4 rings (SSSR count). The number of hydrogen-bond acceptors (Lipinski definition) is 4. The van der Waals surface area contributed by atoms with Crippen LogP contribution in [0.15, 0.2) is 33.9 Å². The van der Waals surface area contributed by atoms with Crippen molar-refractivity contribution in [2.45, 2.75) is 12.3 Å². The van der Waals surface area contributed by atoms with E-state index in [1.807, 2.05) is 6.07 Å². The minimum absolute atomic E-state index is 0.00851. The van der Waals surface area contributed by atoms with Gasteiger partial charge in [-0.3, -0.25) is 13.9 Å². The molecule has 122 valence electrons. The van der Waals surface area contributed by atoms with Crippen molar-refractivity contribution in [3.8, 4) is 6.07 Å². The maximum atomic E-state index is 12.1. The van der Waals surface area contributed by atoms with Gasteiger partial charge >= 0.3 is 5.69 Å². The van der Waals surface area contributed by atoms with Crippen LogP contribution in [-0.4, -0.2) is 15.7 Å². The maximum Gasteiger partial charge on any atom is 0.332 e. The number of anilines is 1. The Morgan fingerprint density at radius 2 is 2.00 bits per heavy atom. The number of aromatic nitrogens is 2. The van der Waals surface area contributed by atoms with Gasteiger partial charge in [-0.1, -0.05) is 24.3 Å². The number of fused-ring (bicyclic) bond motifs is 3. The molecular formula is C18H18N4O2. The fourth-order valence-electron chi connectivity index (χ4n) is 4.13. The topological polar surface area (TPSA) is 79.8 Å². The van der Waals surface area contributed by atoms with E-state index in [9.17, 15) is 14.9 Å². The molecule has 2 aromatic rings. The Bertz CT molecular complexity index is 996. The smallest absolute Gasteiger partial charge is 0.332 e. The molecule has 0 amide bonds. The zero-order chi connectivity index (χ0) is 17.0. The van der Waals surface area contributed by atoms with E-state index >= 15 is 0 Å². The number of nitrogens with zero attached hydrogens (tertiary/aromatic N) is 3. The lowest BCUT2D eigenvalue weighted by Gasteiger charge is -2.14. The Labute approximate surface area is 139 Å². The van der Waals surface area contributed by atoms with Crippen LogP contribution in [0.25, 0.3) is 0 Å². The second-order valence-electron chi connectivity index (χ2n) is 6.68. The summed E-state index contributed by atoms with van der Waals surface area (Å²) in [5, 5.41) is 12.5. The first-order chi connectivity index (χ1) is 11.5. The molecule has 3 atom stereocenters. The summed E-state index contributed by atoms with van der Waals surface area (Å²) >= 11 is 0. The van der Waals surface area contributed by atoms with E-state index in [4.69, 9.17) is 0 Å². The molecule has 0 saturated heterocycles. The Morgan fingerprint density at radius 1 is 1.25 bits per heavy atom. The standard InChI is InChI=1S/C18H18N4O2/c1-21-16(13(8-19)17(23)22(2)18(21)24)20-9-14-12-7-10-5-3-4-6-11(10)15(12)14/h3-6,12,14-15,20H,7,9H2,1-2H3. The monoisotopic (exact) mass is 322 g/mol. The van der Waals surface area contributed by atoms with E-state index in [-0.39, 0.29) is 5.56 Å². The first-order valence-corrected chi connectivity index (χ1v) is 8.06. The summed E-state index contributed by atoms with van der Waals surface area (Å²) in [7, 11) is 2.96. The van der Waals surface area contributed by atoms with Gasteiger partial charge in [-0.05, 0) is 35.3 Å². The average molecular weight is 322 g/mol. The normalized spacial score (nSPS) is 23.3. The third-order valence-electron chi connectivity index (χ3n) is 5.48. The SMILES string of the molecule is Cn1c(NCC2C3Cc4ccccc4C23)c(C#N)c(=O)n(C)c1=O. The molecule has 2 aliphatic carbocycles. The zero-order valence-electron chi connectivity index (χ0n) is 13.6. The fraction of sp³-hybridized carbons (Fsp3) is 0.389. The molecule has 1 N–H and O–H groups in total. The molecule has 0 bridgehead atoms. The quantitative estimate of drug-likeness (QED) is 0.912. The number of rotatable bonds is 3. The van der Waals surface area contributed by atoms with Crippen molar-refractivity contribution in [2.75, 3.05) is 11.9 Å². The molecule has 1 aromatic heterocycles. The first kappa shape index (κ1) is 14.8. The minimum atomic E-state index is -0.551. The maximum absolute atomic E-state index is 12.1. The molecule has 0 radical (unpaired) electrons. The van der Waals surface area contributed by atoms with Gasteiger partial charge in [0.1, 0.15) is 11.9 Å². The van der Waals surface area contributed by atoms with Crippen LogP contribution < -0.4 is 16.6 Å². The Hall–Kier alpha value is -2.81. The predicted octanol–water partition coefficient (Wildman–Crippen LogP) is 0.953. The summed E-state index contributed by atoms with van der Waals surface area (Å²) in [4.78, 5) is 24.2. The molecule has 2 aliphatic rings. The summed E-state index contributed by atoms with van der Waals surface area (Å²) in [6.07, 6.45) is 1.09. The molecule has 24 heavy (non-hydrogen) atoms. The van der Waals surface area contributed by atoms with E-state index in [2.05, 4.69) is 29.6 Å². The molecule has 1 heterocycles. The molecule has 1 saturated carbocycles. The highest BCUT2D eigenvalue weighted by Gasteiger charge is 2.54. The largest absolute Gasteiger partial charge is 0.370 e. The van der Waals surface area contributed by atoms with Gasteiger partial charge in [0.15, 0.2) is 5.56 Å². The first-order valence-electron chi connectivity index (χ1n) is 8.06. The number of benzene rings is 1. The van der Waals surface area contributed by atoms with Crippen LogP contribution >= 0.6 is 0 Å². The van der Waals surface area contributed by atoms with Gasteiger partial charge in [-0.2, -0.15) is 5.26 Å². The van der Waals surface area contributed by atoms with Crippen molar-refractivity contribution < 1.29 is 0 Å². The van der Waals surface area contributed by atoms with Crippen molar-refractivity contribution >= 4 is 5.82 Å². The number of hydrogen-bond donors (Lipinski definition) is 1. The number of nitriles is 1. The van der Waals surface area contributed by atoms with Crippen LogP contribution in [0.2, 0.25) is 0 Å². The minimum Gasteiger partial charge on any atom is -0.370 e. The van der Waals surface area contributed by atoms with Crippen LogP contribution in [-0.2, 0) is 20.5 Å². The lowest BCUT2D eigenvalue weighted by Crippen LogP contribution is -2.40. The van der Waals surface area contributed by atoms with Crippen LogP contribution in [0.1, 0.15) is 22.6 Å². The fourth-order valence-corrected chi connectivity index (χ4v) is 4.13. The van der Waals surface area contributed by atoms with Gasteiger partial charge in [0.25, 0.3) is 5.56 Å². The van der Waals surface area contributed by atoms with Crippen molar-refractivity contribution in [1.82, 2.24) is 9.13 Å². The summed E-state index contributed by atoms with van der Waals surface area (Å²) in [5.74, 6) is 2.00. The molecule has 1 fully saturated rings. The third kappa shape index (κ3) is 1.94. The Balaban J connectivity index is 1.58. The van der Waals surface area contributed by atoms with E-state index < -0.39 is 11.2 Å². The zero-order valence-corrected chi connectivity index (χ0v) is 13.6. The van der Waals surface area contributed by atoms with Crippen molar-refractivity contribution in [2.24, 2.45) is 25.9 Å². The number of nitrogens with one attached hydrogen (secondary N) is 1. The Kier molecular flexibility index (Phi) is 3.14. The average Bonchev–Trinajstić information content (AvgIpc) is 3.12. The van der Waals surface area contributed by atoms with Gasteiger partial charge in [0.2, 0.25) is 0 Å². The summed E-state index contributed by atoms with van der Waals surface area (Å²) in [6, 6.07) is 10.4.